The number of benzene rings is 1. The second-order valence-corrected chi connectivity index (χ2v) is 6.46. The fourth-order valence-corrected chi connectivity index (χ4v) is 2.92. The van der Waals surface area contributed by atoms with Gasteiger partial charge in [0, 0.05) is 6.20 Å². The van der Waals surface area contributed by atoms with Crippen LogP contribution in [0, 0.1) is 0 Å². The number of nitrogens with zero attached hydrogens (tertiary/aromatic N) is 2. The van der Waals surface area contributed by atoms with Crippen LogP contribution in [0.3, 0.4) is 0 Å². The highest BCUT2D eigenvalue weighted by Crippen LogP contribution is 2.35. The maximum atomic E-state index is 11.9. The van der Waals surface area contributed by atoms with Gasteiger partial charge in [-0.3, -0.25) is 4.79 Å². The van der Waals surface area contributed by atoms with E-state index in [1.54, 1.807) is 18.7 Å². The van der Waals surface area contributed by atoms with Gasteiger partial charge in [-0.15, -0.1) is 0 Å². The van der Waals surface area contributed by atoms with E-state index >= 15 is 0 Å². The number of carbonyl (C=O) groups excluding carboxylic acids is 1. The first-order chi connectivity index (χ1) is 12.4. The molecule has 0 aliphatic rings. The molecule has 0 unspecified atom stereocenters. The summed E-state index contributed by atoms with van der Waals surface area (Å²) in [5.41, 5.74) is 7.74. The first kappa shape index (κ1) is 17.6. The molecular weight excluding hydrogens is 332 g/mol. The number of primary amides is 1. The van der Waals surface area contributed by atoms with Crippen LogP contribution in [-0.2, 0) is 5.54 Å². The lowest BCUT2D eigenvalue weighted by atomic mass is 9.93. The van der Waals surface area contributed by atoms with Gasteiger partial charge < -0.3 is 20.5 Å². The zero-order valence-electron chi connectivity index (χ0n) is 15.2. The Balaban J connectivity index is 2.07. The lowest BCUT2D eigenvalue weighted by Crippen LogP contribution is -2.30. The maximum absolute atomic E-state index is 11.9. The van der Waals surface area contributed by atoms with Gasteiger partial charge in [0.05, 0.1) is 42.7 Å². The summed E-state index contributed by atoms with van der Waals surface area (Å²) < 4.78 is 12.4. The van der Waals surface area contributed by atoms with Crippen LogP contribution < -0.4 is 20.5 Å². The molecule has 3 N–H and O–H groups in total. The van der Waals surface area contributed by atoms with E-state index < -0.39 is 11.4 Å². The van der Waals surface area contributed by atoms with Crippen LogP contribution in [0.4, 0.5) is 5.69 Å². The SMILES string of the molecule is COc1ccc(C(C)(C)Nc2c(C(N)=O)cnn3cccc23)cc1OC. The van der Waals surface area contributed by atoms with Crippen LogP contribution in [0.1, 0.15) is 29.8 Å². The Morgan fingerprint density at radius 1 is 1.19 bits per heavy atom. The highest BCUT2D eigenvalue weighted by Gasteiger charge is 2.25. The Morgan fingerprint density at radius 3 is 2.58 bits per heavy atom. The van der Waals surface area contributed by atoms with Crippen molar-refractivity contribution in [1.82, 2.24) is 9.61 Å². The van der Waals surface area contributed by atoms with Gasteiger partial charge in [0.2, 0.25) is 0 Å². The molecule has 0 aliphatic heterocycles. The van der Waals surface area contributed by atoms with Gasteiger partial charge in [-0.2, -0.15) is 5.10 Å². The molecule has 0 fully saturated rings. The Hall–Kier alpha value is -3.22. The number of ether oxygens (including phenoxy) is 2. The summed E-state index contributed by atoms with van der Waals surface area (Å²) in [5.74, 6) is 0.757. The van der Waals surface area contributed by atoms with E-state index in [-0.39, 0.29) is 0 Å². The van der Waals surface area contributed by atoms with Crippen LogP contribution in [-0.4, -0.2) is 29.7 Å². The highest BCUT2D eigenvalue weighted by molar-refractivity contribution is 6.02. The molecule has 0 aliphatic carbocycles. The molecular formula is C19H22N4O3. The summed E-state index contributed by atoms with van der Waals surface area (Å²) in [5, 5.41) is 7.66. The largest absolute Gasteiger partial charge is 0.493 e. The summed E-state index contributed by atoms with van der Waals surface area (Å²) in [6.07, 6.45) is 3.29. The van der Waals surface area contributed by atoms with Crippen molar-refractivity contribution >= 4 is 17.1 Å². The van der Waals surface area contributed by atoms with Crippen molar-refractivity contribution in [1.29, 1.82) is 0 Å². The third-order valence-electron chi connectivity index (χ3n) is 4.37. The van der Waals surface area contributed by atoms with Crippen LogP contribution in [0.15, 0.2) is 42.7 Å². The van der Waals surface area contributed by atoms with Crippen LogP contribution >= 0.6 is 0 Å². The molecule has 1 aromatic carbocycles. The molecule has 2 heterocycles. The molecule has 136 valence electrons. The third kappa shape index (κ3) is 3.03. The van der Waals surface area contributed by atoms with Crippen molar-refractivity contribution in [3.05, 3.63) is 53.9 Å². The summed E-state index contributed by atoms with van der Waals surface area (Å²) in [7, 11) is 3.20. The van der Waals surface area contributed by atoms with Crippen molar-refractivity contribution in [3.8, 4) is 11.5 Å². The molecule has 0 atom stereocenters. The Morgan fingerprint density at radius 2 is 1.92 bits per heavy atom. The molecule has 0 spiro atoms. The molecule has 2 aromatic heterocycles. The van der Waals surface area contributed by atoms with E-state index in [1.165, 1.54) is 6.20 Å². The Labute approximate surface area is 151 Å². The lowest BCUT2D eigenvalue weighted by Gasteiger charge is -2.30. The number of hydrogen-bond donors (Lipinski definition) is 2. The van der Waals surface area contributed by atoms with Crippen molar-refractivity contribution in [3.63, 3.8) is 0 Å². The van der Waals surface area contributed by atoms with Gasteiger partial charge in [-0.1, -0.05) is 6.07 Å². The summed E-state index contributed by atoms with van der Waals surface area (Å²) in [4.78, 5) is 11.9. The number of methoxy groups -OCH3 is 2. The second kappa shape index (κ2) is 6.59. The summed E-state index contributed by atoms with van der Waals surface area (Å²) in [6.45, 7) is 4.03. The highest BCUT2D eigenvalue weighted by atomic mass is 16.5. The predicted octanol–water partition coefficient (Wildman–Crippen LogP) is 2.80. The predicted molar refractivity (Wildman–Crippen MR) is 99.9 cm³/mol. The van der Waals surface area contributed by atoms with Gasteiger partial charge >= 0.3 is 0 Å². The first-order valence-corrected chi connectivity index (χ1v) is 8.14. The minimum atomic E-state index is -0.535. The van der Waals surface area contributed by atoms with E-state index in [0.29, 0.717) is 22.7 Å². The van der Waals surface area contributed by atoms with Gasteiger partial charge in [0.25, 0.3) is 5.91 Å². The molecule has 0 saturated heterocycles. The van der Waals surface area contributed by atoms with Gasteiger partial charge in [-0.25, -0.2) is 4.52 Å². The zero-order chi connectivity index (χ0) is 18.9. The smallest absolute Gasteiger partial charge is 0.252 e. The third-order valence-corrected chi connectivity index (χ3v) is 4.37. The van der Waals surface area contributed by atoms with E-state index in [4.69, 9.17) is 15.2 Å². The lowest BCUT2D eigenvalue weighted by molar-refractivity contribution is 0.100. The van der Waals surface area contributed by atoms with E-state index in [2.05, 4.69) is 10.4 Å². The first-order valence-electron chi connectivity index (χ1n) is 8.14. The molecule has 0 bridgehead atoms. The fourth-order valence-electron chi connectivity index (χ4n) is 2.92. The molecule has 3 rings (SSSR count). The summed E-state index contributed by atoms with van der Waals surface area (Å²) in [6, 6.07) is 9.46. The van der Waals surface area contributed by atoms with E-state index in [9.17, 15) is 4.79 Å². The number of amides is 1. The van der Waals surface area contributed by atoms with Gasteiger partial charge in [0.1, 0.15) is 0 Å². The minimum absolute atomic E-state index is 0.338. The molecule has 7 nitrogen and oxygen atoms in total. The summed E-state index contributed by atoms with van der Waals surface area (Å²) >= 11 is 0. The van der Waals surface area contributed by atoms with Gasteiger partial charge in [-0.05, 0) is 43.7 Å². The number of hydrogen-bond acceptors (Lipinski definition) is 5. The fraction of sp³-hybridized carbons (Fsp3) is 0.263. The standard InChI is InChI=1S/C19H22N4O3/c1-19(2,12-7-8-15(25-3)16(10-12)26-4)22-17-13(18(20)24)11-21-23-9-5-6-14(17)23/h5-11,22H,1-4H3,(H2,20,24). The maximum Gasteiger partial charge on any atom is 0.252 e. The van der Waals surface area contributed by atoms with Crippen molar-refractivity contribution in [2.75, 3.05) is 19.5 Å². The number of nitrogens with two attached hydrogens (primary N) is 1. The number of carbonyl (C=O) groups is 1. The number of rotatable bonds is 6. The zero-order valence-corrected chi connectivity index (χ0v) is 15.2. The average Bonchev–Trinajstić information content (AvgIpc) is 3.10. The molecule has 3 aromatic rings. The van der Waals surface area contributed by atoms with E-state index in [0.717, 1.165) is 11.1 Å². The Kier molecular flexibility index (Phi) is 4.46. The molecule has 0 saturated carbocycles. The number of fused-ring (bicyclic) bond motifs is 1. The number of aromatic nitrogens is 2. The normalized spacial score (nSPS) is 11.4. The molecule has 1 amide bonds. The minimum Gasteiger partial charge on any atom is -0.493 e. The average molecular weight is 354 g/mol. The monoisotopic (exact) mass is 354 g/mol. The Bertz CT molecular complexity index is 963. The molecule has 0 radical (unpaired) electrons. The van der Waals surface area contributed by atoms with Gasteiger partial charge in [0.15, 0.2) is 11.5 Å². The van der Waals surface area contributed by atoms with Crippen LogP contribution in [0.5, 0.6) is 11.5 Å². The van der Waals surface area contributed by atoms with Crippen molar-refractivity contribution in [2.45, 2.75) is 19.4 Å². The second-order valence-electron chi connectivity index (χ2n) is 6.46. The van der Waals surface area contributed by atoms with E-state index in [1.807, 2.05) is 50.4 Å². The van der Waals surface area contributed by atoms with Crippen molar-refractivity contribution in [2.24, 2.45) is 5.73 Å². The molecule has 7 heteroatoms. The van der Waals surface area contributed by atoms with Crippen molar-refractivity contribution < 1.29 is 14.3 Å². The van der Waals surface area contributed by atoms with Crippen LogP contribution in [0.25, 0.3) is 5.52 Å². The molecule has 26 heavy (non-hydrogen) atoms. The number of nitrogens with one attached hydrogen (secondary N) is 1. The van der Waals surface area contributed by atoms with Crippen LogP contribution in [0.2, 0.25) is 0 Å². The topological polar surface area (TPSA) is 90.9 Å². The quantitative estimate of drug-likeness (QED) is 0.710. The number of anilines is 1.